The average Bonchev–Trinajstić information content (AvgIpc) is 3.55. The summed E-state index contributed by atoms with van der Waals surface area (Å²) in [6, 6.07) is 69.0. The van der Waals surface area contributed by atoms with Gasteiger partial charge in [-0.05, 0) is 82.4 Å². The summed E-state index contributed by atoms with van der Waals surface area (Å²) in [5, 5.41) is 2.43. The molecule has 0 N–H and O–H groups in total. The summed E-state index contributed by atoms with van der Waals surface area (Å²) in [6.07, 6.45) is 0. The Bertz CT molecular complexity index is 2680. The van der Waals surface area contributed by atoms with Crippen molar-refractivity contribution in [3.63, 3.8) is 0 Å². The van der Waals surface area contributed by atoms with Gasteiger partial charge in [-0.2, -0.15) is 0 Å². The van der Waals surface area contributed by atoms with E-state index >= 15 is 0 Å². The molecule has 3 nitrogen and oxygen atoms in total. The smallest absolute Gasteiger partial charge is 0.152 e. The second-order valence-corrected chi connectivity index (χ2v) is 13.0. The van der Waals surface area contributed by atoms with Gasteiger partial charge in [-0.3, -0.25) is 0 Å². The molecule has 51 heavy (non-hydrogen) atoms. The summed E-state index contributed by atoms with van der Waals surface area (Å²) in [5.74, 6) is 1.75. The summed E-state index contributed by atoms with van der Waals surface area (Å²) in [5.41, 5.74) is 13.7. The molecule has 0 aliphatic carbocycles. The molecule has 0 saturated heterocycles. The molecule has 240 valence electrons. The van der Waals surface area contributed by atoms with Crippen molar-refractivity contribution in [2.24, 2.45) is 0 Å². The predicted octanol–water partition coefficient (Wildman–Crippen LogP) is 13.4. The van der Waals surface area contributed by atoms with Crippen molar-refractivity contribution in [1.29, 1.82) is 0 Å². The molecular weight excluding hydrogens is 621 g/mol. The molecule has 10 rings (SSSR count). The van der Waals surface area contributed by atoms with Crippen LogP contribution >= 0.6 is 0 Å². The third-order valence-corrected chi connectivity index (χ3v) is 10.0. The van der Waals surface area contributed by atoms with Crippen LogP contribution in [0.3, 0.4) is 0 Å². The van der Waals surface area contributed by atoms with E-state index in [1.807, 2.05) is 0 Å². The molecule has 0 amide bonds. The van der Waals surface area contributed by atoms with E-state index in [2.05, 4.69) is 204 Å². The van der Waals surface area contributed by atoms with Crippen molar-refractivity contribution >= 4 is 38.9 Å². The van der Waals surface area contributed by atoms with Gasteiger partial charge in [0.2, 0.25) is 0 Å². The first kappa shape index (κ1) is 29.1. The highest BCUT2D eigenvalue weighted by Crippen LogP contribution is 2.48. The van der Waals surface area contributed by atoms with Crippen LogP contribution in [0, 0.1) is 0 Å². The van der Waals surface area contributed by atoms with Gasteiger partial charge in [0.05, 0.1) is 16.7 Å². The van der Waals surface area contributed by atoms with Crippen molar-refractivity contribution in [1.82, 2.24) is 4.57 Å². The minimum Gasteiger partial charge on any atom is -0.453 e. The van der Waals surface area contributed by atoms with E-state index in [0.29, 0.717) is 0 Å². The predicted molar refractivity (Wildman–Crippen MR) is 212 cm³/mol. The van der Waals surface area contributed by atoms with Gasteiger partial charge >= 0.3 is 0 Å². The minimum atomic E-state index is 0.860. The molecule has 9 aromatic rings. The molecule has 0 atom stereocenters. The molecule has 1 aliphatic heterocycles. The lowest BCUT2D eigenvalue weighted by atomic mass is 10.00. The van der Waals surface area contributed by atoms with E-state index in [0.717, 1.165) is 50.9 Å². The Labute approximate surface area is 296 Å². The van der Waals surface area contributed by atoms with E-state index in [1.54, 1.807) is 0 Å². The normalized spacial score (nSPS) is 11.7. The van der Waals surface area contributed by atoms with Gasteiger partial charge in [0, 0.05) is 33.4 Å². The molecule has 8 aromatic carbocycles. The number of aromatic nitrogens is 1. The second kappa shape index (κ2) is 11.9. The molecule has 1 aromatic heterocycles. The van der Waals surface area contributed by atoms with E-state index in [4.69, 9.17) is 4.74 Å². The van der Waals surface area contributed by atoms with Crippen LogP contribution < -0.4 is 9.64 Å². The summed E-state index contributed by atoms with van der Waals surface area (Å²) >= 11 is 0. The monoisotopic (exact) mass is 652 g/mol. The average molecular weight is 653 g/mol. The Morgan fingerprint density at radius 2 is 0.843 bits per heavy atom. The number of fused-ring (bicyclic) bond motifs is 5. The topological polar surface area (TPSA) is 17.4 Å². The largest absolute Gasteiger partial charge is 0.453 e. The third kappa shape index (κ3) is 4.90. The Morgan fingerprint density at radius 1 is 0.353 bits per heavy atom. The highest BCUT2D eigenvalue weighted by atomic mass is 16.5. The van der Waals surface area contributed by atoms with Crippen LogP contribution in [0.4, 0.5) is 17.1 Å². The number of anilines is 3. The second-order valence-electron chi connectivity index (χ2n) is 13.0. The maximum absolute atomic E-state index is 6.56. The number of ether oxygens (including phenoxy) is 1. The summed E-state index contributed by atoms with van der Waals surface area (Å²) < 4.78 is 8.94. The van der Waals surface area contributed by atoms with Gasteiger partial charge < -0.3 is 14.2 Å². The molecule has 0 spiro atoms. The summed E-state index contributed by atoms with van der Waals surface area (Å²) in [6.45, 7) is 0. The zero-order valence-corrected chi connectivity index (χ0v) is 27.8. The lowest BCUT2D eigenvalue weighted by molar-refractivity contribution is 0.477. The highest BCUT2D eigenvalue weighted by Gasteiger charge is 2.26. The zero-order chi connectivity index (χ0) is 33.7. The molecule has 0 unspecified atom stereocenters. The Kier molecular flexibility index (Phi) is 6.81. The fraction of sp³-hybridized carbons (Fsp3) is 0. The van der Waals surface area contributed by atoms with Gasteiger partial charge in [-0.25, -0.2) is 0 Å². The van der Waals surface area contributed by atoms with E-state index in [9.17, 15) is 0 Å². The van der Waals surface area contributed by atoms with Crippen LogP contribution in [0.5, 0.6) is 11.5 Å². The van der Waals surface area contributed by atoms with Crippen LogP contribution in [0.25, 0.3) is 60.9 Å². The van der Waals surface area contributed by atoms with Gasteiger partial charge in [0.1, 0.15) is 0 Å². The van der Waals surface area contributed by atoms with Gasteiger partial charge in [0.25, 0.3) is 0 Å². The molecule has 3 heteroatoms. The number of nitrogens with zero attached hydrogens (tertiary/aromatic N) is 2. The molecule has 0 saturated carbocycles. The maximum atomic E-state index is 6.56. The lowest BCUT2D eigenvalue weighted by Gasteiger charge is -2.26. The van der Waals surface area contributed by atoms with Crippen molar-refractivity contribution in [2.45, 2.75) is 0 Å². The first-order valence-corrected chi connectivity index (χ1v) is 17.4. The first-order chi connectivity index (χ1) is 25.3. The first-order valence-electron chi connectivity index (χ1n) is 17.4. The summed E-state index contributed by atoms with van der Waals surface area (Å²) in [4.78, 5) is 2.31. The number of rotatable bonds is 6. The number of hydrogen-bond donors (Lipinski definition) is 0. The third-order valence-electron chi connectivity index (χ3n) is 10.0. The van der Waals surface area contributed by atoms with Gasteiger partial charge in [-0.1, -0.05) is 140 Å². The molecule has 0 bridgehead atoms. The van der Waals surface area contributed by atoms with E-state index < -0.39 is 0 Å². The molecule has 0 fully saturated rings. The van der Waals surface area contributed by atoms with Crippen molar-refractivity contribution < 1.29 is 4.74 Å². The molecular formula is C48H32N2O. The van der Waals surface area contributed by atoms with Crippen molar-refractivity contribution in [3.05, 3.63) is 194 Å². The van der Waals surface area contributed by atoms with Crippen LogP contribution in [-0.2, 0) is 0 Å². The minimum absolute atomic E-state index is 0.860. The molecule has 1 aliphatic rings. The maximum Gasteiger partial charge on any atom is 0.152 e. The fourth-order valence-corrected chi connectivity index (χ4v) is 7.59. The van der Waals surface area contributed by atoms with Crippen molar-refractivity contribution in [2.75, 3.05) is 4.90 Å². The Morgan fingerprint density at radius 3 is 1.53 bits per heavy atom. The zero-order valence-electron chi connectivity index (χ0n) is 27.8. The van der Waals surface area contributed by atoms with Crippen LogP contribution in [0.1, 0.15) is 0 Å². The van der Waals surface area contributed by atoms with Gasteiger partial charge in [-0.15, -0.1) is 0 Å². The quantitative estimate of drug-likeness (QED) is 0.178. The Balaban J connectivity index is 1.02. The standard InChI is InChI=1S/C48H32N2O/c1-3-11-33(12-4-1)34-21-23-35(24-22-34)36-25-29-39(30-26-36)49(38-13-5-2-6-14-38)40-31-27-37(28-32-40)41-16-9-19-45-47(41)50-44-18-8-7-15-42(44)43-17-10-20-46(51-45)48(43)50/h1-32H. The number of benzene rings is 8. The molecule has 2 heterocycles. The number of hydrogen-bond acceptors (Lipinski definition) is 2. The van der Waals surface area contributed by atoms with Crippen LogP contribution in [0.15, 0.2) is 194 Å². The molecule has 0 radical (unpaired) electrons. The van der Waals surface area contributed by atoms with Crippen LogP contribution in [0.2, 0.25) is 0 Å². The van der Waals surface area contributed by atoms with E-state index in [-0.39, 0.29) is 0 Å². The fourth-order valence-electron chi connectivity index (χ4n) is 7.59. The Hall–Kier alpha value is -6.84. The van der Waals surface area contributed by atoms with E-state index in [1.165, 1.54) is 38.5 Å². The number of para-hydroxylation sites is 4. The lowest BCUT2D eigenvalue weighted by Crippen LogP contribution is -2.09. The SMILES string of the molecule is c1ccc(-c2ccc(-c3ccc(N(c4ccccc4)c4ccc(-c5cccc6c5-n5c7ccccc7c7cccc(c75)O6)cc4)cc3)cc2)cc1. The van der Waals surface area contributed by atoms with Gasteiger partial charge in [0.15, 0.2) is 11.5 Å². The van der Waals surface area contributed by atoms with Crippen molar-refractivity contribution in [3.8, 4) is 50.6 Å². The highest BCUT2D eigenvalue weighted by molar-refractivity contribution is 6.12. The van der Waals surface area contributed by atoms with Crippen LogP contribution in [-0.4, -0.2) is 4.57 Å². The summed E-state index contributed by atoms with van der Waals surface area (Å²) in [7, 11) is 0.